The van der Waals surface area contributed by atoms with Crippen molar-refractivity contribution in [2.24, 2.45) is 23.5 Å². The van der Waals surface area contributed by atoms with Crippen molar-refractivity contribution in [3.63, 3.8) is 0 Å². The molecule has 0 aliphatic carbocycles. The van der Waals surface area contributed by atoms with E-state index in [0.717, 1.165) is 12.6 Å². The summed E-state index contributed by atoms with van der Waals surface area (Å²) in [6.45, 7) is 8.09. The standard InChI is InChI=1S/2C5H10O.C4H10N4O2/c2*1-5(2)3-4-6;5-7-3(9)1-2-4(10)8-6/h2*4-5H,3H2,1-2H3;1-2,5-6H2,(H,7,9)(H,8,10). The highest BCUT2D eigenvalue weighted by molar-refractivity contribution is 5.82. The van der Waals surface area contributed by atoms with Crippen LogP contribution < -0.4 is 22.5 Å². The van der Waals surface area contributed by atoms with E-state index >= 15 is 0 Å². The summed E-state index contributed by atoms with van der Waals surface area (Å²) in [5.41, 5.74) is 3.77. The third-order valence-corrected chi connectivity index (χ3v) is 2.04. The van der Waals surface area contributed by atoms with Crippen LogP contribution in [0.2, 0.25) is 0 Å². The second kappa shape index (κ2) is 19.2. The molecule has 22 heavy (non-hydrogen) atoms. The van der Waals surface area contributed by atoms with Gasteiger partial charge in [-0.25, -0.2) is 11.7 Å². The number of hydrogen-bond acceptors (Lipinski definition) is 6. The number of nitrogens with one attached hydrogen (secondary N) is 2. The van der Waals surface area contributed by atoms with Crippen LogP contribution >= 0.6 is 0 Å². The van der Waals surface area contributed by atoms with E-state index in [1.54, 1.807) is 0 Å². The van der Waals surface area contributed by atoms with Gasteiger partial charge < -0.3 is 9.59 Å². The Morgan fingerprint density at radius 3 is 1.18 bits per heavy atom. The zero-order chi connectivity index (χ0) is 18.0. The summed E-state index contributed by atoms with van der Waals surface area (Å²) in [6, 6.07) is 0. The molecule has 8 heteroatoms. The van der Waals surface area contributed by atoms with Gasteiger partial charge in [0.2, 0.25) is 11.8 Å². The van der Waals surface area contributed by atoms with Crippen molar-refractivity contribution in [2.45, 2.75) is 53.4 Å². The Bertz CT molecular complexity index is 277. The first kappa shape index (κ1) is 25.2. The lowest BCUT2D eigenvalue weighted by Gasteiger charge is -1.97. The molecule has 0 heterocycles. The Labute approximate surface area is 132 Å². The zero-order valence-corrected chi connectivity index (χ0v) is 13.9. The molecule has 0 saturated heterocycles. The summed E-state index contributed by atoms with van der Waals surface area (Å²) in [6.07, 6.45) is 3.40. The summed E-state index contributed by atoms with van der Waals surface area (Å²) >= 11 is 0. The highest BCUT2D eigenvalue weighted by Crippen LogP contribution is 1.93. The molecule has 2 amide bonds. The Morgan fingerprint density at radius 1 is 0.818 bits per heavy atom. The van der Waals surface area contributed by atoms with Gasteiger partial charge in [0, 0.05) is 25.7 Å². The quantitative estimate of drug-likeness (QED) is 0.228. The van der Waals surface area contributed by atoms with E-state index in [4.69, 9.17) is 11.7 Å². The monoisotopic (exact) mass is 318 g/mol. The molecule has 0 saturated carbocycles. The molecular weight excluding hydrogens is 288 g/mol. The number of hydrogen-bond donors (Lipinski definition) is 4. The third-order valence-electron chi connectivity index (χ3n) is 2.04. The van der Waals surface area contributed by atoms with Gasteiger partial charge in [-0.1, -0.05) is 27.7 Å². The van der Waals surface area contributed by atoms with Crippen molar-refractivity contribution < 1.29 is 19.2 Å². The van der Waals surface area contributed by atoms with Crippen molar-refractivity contribution >= 4 is 24.4 Å². The second-order valence-electron chi connectivity index (χ2n) is 5.23. The molecule has 6 N–H and O–H groups in total. The van der Waals surface area contributed by atoms with Crippen molar-refractivity contribution in [3.05, 3.63) is 0 Å². The van der Waals surface area contributed by atoms with Gasteiger partial charge in [-0.3, -0.25) is 20.4 Å². The Hall–Kier alpha value is -1.80. The number of rotatable bonds is 7. The highest BCUT2D eigenvalue weighted by atomic mass is 16.2. The van der Waals surface area contributed by atoms with Crippen LogP contribution in [0.1, 0.15) is 53.4 Å². The number of carbonyl (C=O) groups is 4. The molecule has 0 spiro atoms. The molecule has 0 fully saturated rings. The molecule has 0 aromatic heterocycles. The average molecular weight is 318 g/mol. The average Bonchev–Trinajstić information content (AvgIpc) is 2.45. The predicted octanol–water partition coefficient (Wildman–Crippen LogP) is 0.209. The largest absolute Gasteiger partial charge is 0.303 e. The predicted molar refractivity (Wildman–Crippen MR) is 84.9 cm³/mol. The first-order chi connectivity index (χ1) is 10.2. The van der Waals surface area contributed by atoms with Crippen LogP contribution in [0, 0.1) is 11.8 Å². The van der Waals surface area contributed by atoms with Gasteiger partial charge in [-0.15, -0.1) is 0 Å². The topological polar surface area (TPSA) is 144 Å². The summed E-state index contributed by atoms with van der Waals surface area (Å²) < 4.78 is 0. The molecule has 0 aliphatic heterocycles. The minimum atomic E-state index is -0.386. The minimum absolute atomic E-state index is 0.0551. The molecule has 8 nitrogen and oxygen atoms in total. The van der Waals surface area contributed by atoms with Gasteiger partial charge in [0.05, 0.1) is 0 Å². The van der Waals surface area contributed by atoms with E-state index in [0.29, 0.717) is 24.7 Å². The van der Waals surface area contributed by atoms with E-state index in [-0.39, 0.29) is 24.7 Å². The lowest BCUT2D eigenvalue weighted by Crippen LogP contribution is -2.34. The van der Waals surface area contributed by atoms with Crippen LogP contribution in [-0.4, -0.2) is 24.4 Å². The van der Waals surface area contributed by atoms with Gasteiger partial charge in [-0.2, -0.15) is 0 Å². The molecular formula is C14H30N4O4. The maximum absolute atomic E-state index is 10.4. The summed E-state index contributed by atoms with van der Waals surface area (Å²) in [7, 11) is 0. The minimum Gasteiger partial charge on any atom is -0.303 e. The van der Waals surface area contributed by atoms with Crippen LogP contribution in [0.3, 0.4) is 0 Å². The summed E-state index contributed by atoms with van der Waals surface area (Å²) in [4.78, 5) is 40.0. The zero-order valence-electron chi connectivity index (χ0n) is 13.9. The highest BCUT2D eigenvalue weighted by Gasteiger charge is 2.02. The number of nitrogens with two attached hydrogens (primary N) is 2. The van der Waals surface area contributed by atoms with Gasteiger partial charge in [-0.05, 0) is 11.8 Å². The third kappa shape index (κ3) is 30.9. The number of hydrazine groups is 2. The second-order valence-corrected chi connectivity index (χ2v) is 5.23. The van der Waals surface area contributed by atoms with Crippen LogP contribution in [0.4, 0.5) is 0 Å². The molecule has 0 radical (unpaired) electrons. The lowest BCUT2D eigenvalue weighted by atomic mass is 10.2. The van der Waals surface area contributed by atoms with E-state index in [1.807, 2.05) is 38.5 Å². The van der Waals surface area contributed by atoms with E-state index in [9.17, 15) is 19.2 Å². The molecule has 0 aromatic rings. The summed E-state index contributed by atoms with van der Waals surface area (Å²) in [5, 5.41) is 0. The fraction of sp³-hybridized carbons (Fsp3) is 0.714. The van der Waals surface area contributed by atoms with Crippen LogP contribution in [-0.2, 0) is 19.2 Å². The van der Waals surface area contributed by atoms with Crippen LogP contribution in [0.5, 0.6) is 0 Å². The van der Waals surface area contributed by atoms with Crippen LogP contribution in [0.15, 0.2) is 0 Å². The maximum atomic E-state index is 10.4. The van der Waals surface area contributed by atoms with Crippen molar-refractivity contribution in [1.82, 2.24) is 10.9 Å². The Kier molecular flexibility index (Phi) is 22.0. The number of carbonyl (C=O) groups excluding carboxylic acids is 4. The number of amides is 2. The molecule has 0 aliphatic rings. The van der Waals surface area contributed by atoms with E-state index in [1.165, 1.54) is 0 Å². The Morgan fingerprint density at radius 2 is 1.09 bits per heavy atom. The maximum Gasteiger partial charge on any atom is 0.234 e. The van der Waals surface area contributed by atoms with E-state index in [2.05, 4.69) is 0 Å². The SMILES string of the molecule is CC(C)CC=O.CC(C)CC=O.NNC(=O)CCC(=O)NN. The van der Waals surface area contributed by atoms with E-state index < -0.39 is 0 Å². The molecule has 0 aromatic carbocycles. The van der Waals surface area contributed by atoms with Crippen molar-refractivity contribution in [3.8, 4) is 0 Å². The fourth-order valence-electron chi connectivity index (χ4n) is 0.756. The first-order valence-electron chi connectivity index (χ1n) is 7.11. The van der Waals surface area contributed by atoms with Crippen LogP contribution in [0.25, 0.3) is 0 Å². The summed E-state index contributed by atoms with van der Waals surface area (Å²) in [5.74, 6) is 9.76. The molecule has 0 bridgehead atoms. The molecule has 0 atom stereocenters. The number of aldehydes is 2. The molecule has 130 valence electrons. The van der Waals surface area contributed by atoms with Gasteiger partial charge in [0.25, 0.3) is 0 Å². The van der Waals surface area contributed by atoms with Crippen molar-refractivity contribution in [2.75, 3.05) is 0 Å². The normalized spacial score (nSPS) is 8.91. The molecule has 0 rings (SSSR count). The van der Waals surface area contributed by atoms with Gasteiger partial charge >= 0.3 is 0 Å². The van der Waals surface area contributed by atoms with Gasteiger partial charge in [0.1, 0.15) is 12.6 Å². The van der Waals surface area contributed by atoms with Gasteiger partial charge in [0.15, 0.2) is 0 Å². The fourth-order valence-corrected chi connectivity index (χ4v) is 0.756. The molecule has 0 unspecified atom stereocenters. The first-order valence-corrected chi connectivity index (χ1v) is 7.11. The van der Waals surface area contributed by atoms with Crippen molar-refractivity contribution in [1.29, 1.82) is 0 Å². The smallest absolute Gasteiger partial charge is 0.234 e. The Balaban J connectivity index is -0.000000261. The lowest BCUT2D eigenvalue weighted by molar-refractivity contribution is -0.126.